The van der Waals surface area contributed by atoms with Gasteiger partial charge in [0.2, 0.25) is 0 Å². The average molecular weight is 199 g/mol. The average Bonchev–Trinajstić information content (AvgIpc) is 2.46. The van der Waals surface area contributed by atoms with Gasteiger partial charge in [-0.1, -0.05) is 5.21 Å². The lowest BCUT2D eigenvalue weighted by Gasteiger charge is -2.17. The molecule has 1 unspecified atom stereocenters. The van der Waals surface area contributed by atoms with Crippen LogP contribution in [0.4, 0.5) is 0 Å². The molecule has 0 N–H and O–H groups in total. The molecular weight excluding hydrogens is 186 g/mol. The molecule has 4 nitrogen and oxygen atoms in total. The molecule has 0 aliphatic carbocycles. The van der Waals surface area contributed by atoms with Gasteiger partial charge in [-0.05, 0) is 25.0 Å². The van der Waals surface area contributed by atoms with Gasteiger partial charge in [-0.15, -0.1) is 5.10 Å². The number of hydrogen-bond acceptors (Lipinski definition) is 3. The van der Waals surface area contributed by atoms with Gasteiger partial charge in [0.05, 0.1) is 5.69 Å². The van der Waals surface area contributed by atoms with Crippen LogP contribution in [0.1, 0.15) is 31.3 Å². The smallest absolute Gasteiger partial charge is 0.151 e. The second-order valence-corrected chi connectivity index (χ2v) is 5.14. The monoisotopic (exact) mass is 199 g/mol. The maximum Gasteiger partial charge on any atom is 0.151 e. The first kappa shape index (κ1) is 9.02. The molecule has 13 heavy (non-hydrogen) atoms. The van der Waals surface area contributed by atoms with Gasteiger partial charge in [0.15, 0.2) is 5.75 Å². The third-order valence-corrected chi connectivity index (χ3v) is 3.48. The highest BCUT2D eigenvalue weighted by atomic mass is 32.2. The number of hydrogen-bond donors (Lipinski definition) is 0. The van der Waals surface area contributed by atoms with E-state index in [2.05, 4.69) is 24.2 Å². The molecule has 72 valence electrons. The predicted molar refractivity (Wildman–Crippen MR) is 50.8 cm³/mol. The van der Waals surface area contributed by atoms with Crippen LogP contribution in [0, 0.1) is 0 Å². The zero-order chi connectivity index (χ0) is 9.42. The largest absolute Gasteiger partial charge is 0.616 e. The molecule has 1 atom stereocenters. The third-order valence-electron chi connectivity index (χ3n) is 2.22. The highest BCUT2D eigenvalue weighted by molar-refractivity contribution is 7.90. The Hall–Kier alpha value is -0.550. The summed E-state index contributed by atoms with van der Waals surface area (Å²) in [5.41, 5.74) is 2.10. The fraction of sp³-hybridized carbons (Fsp3) is 0.750. The minimum Gasteiger partial charge on any atom is -0.616 e. The SMILES string of the molecule is CC(C)n1nnc2c1CC[S+]([O-])C2. The first-order valence-corrected chi connectivity index (χ1v) is 5.95. The molecule has 0 saturated heterocycles. The Kier molecular flexibility index (Phi) is 2.29. The fourth-order valence-corrected chi connectivity index (χ4v) is 2.66. The van der Waals surface area contributed by atoms with E-state index in [9.17, 15) is 4.55 Å². The molecule has 1 aliphatic heterocycles. The van der Waals surface area contributed by atoms with Crippen molar-refractivity contribution in [2.75, 3.05) is 5.75 Å². The molecular formula is C8H13N3OS. The van der Waals surface area contributed by atoms with Crippen LogP contribution in [0.25, 0.3) is 0 Å². The van der Waals surface area contributed by atoms with Gasteiger partial charge in [0.25, 0.3) is 0 Å². The van der Waals surface area contributed by atoms with E-state index in [0.717, 1.165) is 17.9 Å². The first-order valence-electron chi connectivity index (χ1n) is 4.46. The maximum atomic E-state index is 11.2. The Morgan fingerprint density at radius 2 is 2.31 bits per heavy atom. The van der Waals surface area contributed by atoms with Crippen molar-refractivity contribution in [3.63, 3.8) is 0 Å². The van der Waals surface area contributed by atoms with Crippen molar-refractivity contribution in [2.24, 2.45) is 0 Å². The summed E-state index contributed by atoms with van der Waals surface area (Å²) in [4.78, 5) is 0. The molecule has 1 aliphatic rings. The van der Waals surface area contributed by atoms with Gasteiger partial charge in [-0.3, -0.25) is 0 Å². The number of nitrogens with zero attached hydrogens (tertiary/aromatic N) is 3. The van der Waals surface area contributed by atoms with Crippen molar-refractivity contribution in [3.05, 3.63) is 11.4 Å². The quantitative estimate of drug-likeness (QED) is 0.624. The fourth-order valence-electron chi connectivity index (χ4n) is 1.57. The topological polar surface area (TPSA) is 53.8 Å². The molecule has 0 radical (unpaired) electrons. The lowest BCUT2D eigenvalue weighted by Crippen LogP contribution is -2.21. The maximum absolute atomic E-state index is 11.2. The molecule has 1 aromatic rings. The summed E-state index contributed by atoms with van der Waals surface area (Å²) in [6, 6.07) is 0.350. The minimum absolute atomic E-state index is 0.350. The number of fused-ring (bicyclic) bond motifs is 1. The van der Waals surface area contributed by atoms with Crippen LogP contribution < -0.4 is 0 Å². The van der Waals surface area contributed by atoms with Crippen molar-refractivity contribution in [3.8, 4) is 0 Å². The van der Waals surface area contributed by atoms with E-state index in [4.69, 9.17) is 0 Å². The normalized spacial score (nSPS) is 22.0. The van der Waals surface area contributed by atoms with E-state index < -0.39 is 11.2 Å². The first-order chi connectivity index (χ1) is 6.18. The van der Waals surface area contributed by atoms with Crippen molar-refractivity contribution < 1.29 is 4.55 Å². The van der Waals surface area contributed by atoms with Crippen LogP contribution in [0.3, 0.4) is 0 Å². The third kappa shape index (κ3) is 1.58. The molecule has 0 saturated carbocycles. The molecule has 0 amide bonds. The van der Waals surface area contributed by atoms with Crippen LogP contribution in [-0.4, -0.2) is 25.3 Å². The minimum atomic E-state index is -0.717. The highest BCUT2D eigenvalue weighted by Gasteiger charge is 2.25. The zero-order valence-corrected chi connectivity index (χ0v) is 8.67. The Morgan fingerprint density at radius 1 is 1.54 bits per heavy atom. The van der Waals surface area contributed by atoms with E-state index in [1.165, 1.54) is 5.69 Å². The summed E-state index contributed by atoms with van der Waals surface area (Å²) >= 11 is -0.717. The Labute approximate surface area is 80.5 Å². The molecule has 5 heteroatoms. The van der Waals surface area contributed by atoms with E-state index >= 15 is 0 Å². The lowest BCUT2D eigenvalue weighted by molar-refractivity contribution is 0.495. The standard InChI is InChI=1S/C8H13N3OS/c1-6(2)11-8-3-4-13(12)5-7(8)9-10-11/h6H,3-5H2,1-2H3. The predicted octanol–water partition coefficient (Wildman–Crippen LogP) is 0.664. The zero-order valence-electron chi connectivity index (χ0n) is 7.86. The Morgan fingerprint density at radius 3 is 3.00 bits per heavy atom. The molecule has 0 spiro atoms. The summed E-state index contributed by atoms with van der Waals surface area (Å²) in [7, 11) is 0. The van der Waals surface area contributed by atoms with Crippen molar-refractivity contribution in [2.45, 2.75) is 32.1 Å². The van der Waals surface area contributed by atoms with Gasteiger partial charge in [0, 0.05) is 12.5 Å². The highest BCUT2D eigenvalue weighted by Crippen LogP contribution is 2.20. The van der Waals surface area contributed by atoms with Crippen LogP contribution in [-0.2, 0) is 23.3 Å². The summed E-state index contributed by atoms with van der Waals surface area (Å²) in [6.07, 6.45) is 0.854. The van der Waals surface area contributed by atoms with Crippen LogP contribution in [0.5, 0.6) is 0 Å². The van der Waals surface area contributed by atoms with E-state index in [1.807, 2.05) is 4.68 Å². The summed E-state index contributed by atoms with van der Waals surface area (Å²) in [6.45, 7) is 4.17. The van der Waals surface area contributed by atoms with Crippen LogP contribution >= 0.6 is 0 Å². The summed E-state index contributed by atoms with van der Waals surface area (Å²) in [5.74, 6) is 1.34. The van der Waals surface area contributed by atoms with Crippen LogP contribution in [0.2, 0.25) is 0 Å². The molecule has 1 aromatic heterocycles. The van der Waals surface area contributed by atoms with Crippen LogP contribution in [0.15, 0.2) is 0 Å². The number of aromatic nitrogens is 3. The van der Waals surface area contributed by atoms with Crippen molar-refractivity contribution in [1.82, 2.24) is 15.0 Å². The lowest BCUT2D eigenvalue weighted by atomic mass is 10.2. The second-order valence-electron chi connectivity index (χ2n) is 3.56. The summed E-state index contributed by atoms with van der Waals surface area (Å²) in [5, 5.41) is 8.11. The van der Waals surface area contributed by atoms with Gasteiger partial charge in [-0.2, -0.15) is 0 Å². The van der Waals surface area contributed by atoms with Gasteiger partial charge in [0.1, 0.15) is 11.4 Å². The second kappa shape index (κ2) is 3.31. The van der Waals surface area contributed by atoms with E-state index in [-0.39, 0.29) is 0 Å². The van der Waals surface area contributed by atoms with Gasteiger partial charge < -0.3 is 4.55 Å². The van der Waals surface area contributed by atoms with Gasteiger partial charge >= 0.3 is 0 Å². The van der Waals surface area contributed by atoms with Crippen molar-refractivity contribution >= 4 is 11.2 Å². The Bertz CT molecular complexity index is 310. The van der Waals surface area contributed by atoms with Crippen molar-refractivity contribution in [1.29, 1.82) is 0 Å². The van der Waals surface area contributed by atoms with Gasteiger partial charge in [-0.25, -0.2) is 4.68 Å². The molecule has 2 rings (SSSR count). The van der Waals surface area contributed by atoms with E-state index in [1.54, 1.807) is 0 Å². The molecule has 0 bridgehead atoms. The Balaban J connectivity index is 2.33. The van der Waals surface area contributed by atoms with E-state index in [0.29, 0.717) is 11.8 Å². The molecule has 0 fully saturated rings. The summed E-state index contributed by atoms with van der Waals surface area (Å²) < 4.78 is 13.2. The number of rotatable bonds is 1. The molecule has 2 heterocycles. The molecule has 0 aromatic carbocycles.